The summed E-state index contributed by atoms with van der Waals surface area (Å²) in [4.78, 5) is 34.2. The molecule has 4 rings (SSSR count). The highest BCUT2D eigenvalue weighted by Gasteiger charge is 2.11. The molecule has 0 aliphatic carbocycles. The number of nitro groups is 2. The number of non-ortho nitro benzene ring substituents is 2. The number of rotatable bonds is 4. The van der Waals surface area contributed by atoms with Crippen LogP contribution >= 0.6 is 23.1 Å². The van der Waals surface area contributed by atoms with E-state index in [1.807, 2.05) is 0 Å². The molecule has 4 aromatic rings. The van der Waals surface area contributed by atoms with Crippen molar-refractivity contribution in [2.24, 2.45) is 0 Å². The molecule has 0 unspecified atom stereocenters. The standard InChI is InChI=1S/C8H5N3O2S.C8H4N2O4S/c12-11(13)7-3-1-2-6(4-7)8-9-5-14-10-8;11-8-14-7(9-15-8)5-2-1-3-6(4-5)10(12)13/h1-5H;1-4H. The first-order chi connectivity index (χ1) is 13.9. The highest BCUT2D eigenvalue weighted by molar-refractivity contribution is 7.03. The van der Waals surface area contributed by atoms with E-state index in [4.69, 9.17) is 4.42 Å². The van der Waals surface area contributed by atoms with Crippen molar-refractivity contribution in [3.8, 4) is 22.8 Å². The van der Waals surface area contributed by atoms with E-state index in [9.17, 15) is 25.0 Å². The molecule has 29 heavy (non-hydrogen) atoms. The number of hydrogen-bond acceptors (Lipinski definition) is 11. The van der Waals surface area contributed by atoms with E-state index in [1.54, 1.807) is 23.7 Å². The van der Waals surface area contributed by atoms with Gasteiger partial charge in [-0.15, -0.1) is 4.37 Å². The lowest BCUT2D eigenvalue weighted by Crippen LogP contribution is -1.88. The Hall–Kier alpha value is -3.84. The van der Waals surface area contributed by atoms with Gasteiger partial charge in [0, 0.05) is 35.4 Å². The SMILES string of the molecule is O=[N+]([O-])c1cccc(-c2ncsn2)c1.O=c1oc(-c2cccc([N+](=O)[O-])c2)ns1. The third-order valence-corrected chi connectivity index (χ3v) is 4.33. The molecule has 0 radical (unpaired) electrons. The second-order valence-electron chi connectivity index (χ2n) is 5.21. The zero-order valence-electron chi connectivity index (χ0n) is 14.2. The molecule has 146 valence electrons. The average Bonchev–Trinajstić information content (AvgIpc) is 3.41. The van der Waals surface area contributed by atoms with Gasteiger partial charge in [-0.05, 0) is 17.6 Å². The molecule has 0 atom stereocenters. The van der Waals surface area contributed by atoms with E-state index in [1.165, 1.54) is 41.9 Å². The fourth-order valence-electron chi connectivity index (χ4n) is 2.12. The number of nitrogens with zero attached hydrogens (tertiary/aromatic N) is 5. The number of aromatic nitrogens is 3. The topological polar surface area (TPSA) is 155 Å². The first-order valence-electron chi connectivity index (χ1n) is 7.67. The molecular formula is C16H9N5O6S2. The van der Waals surface area contributed by atoms with Crippen molar-refractivity contribution in [1.29, 1.82) is 0 Å². The number of nitro benzene ring substituents is 2. The minimum absolute atomic E-state index is 0.0531. The highest BCUT2D eigenvalue weighted by atomic mass is 32.1. The van der Waals surface area contributed by atoms with Crippen LogP contribution in [0.2, 0.25) is 0 Å². The van der Waals surface area contributed by atoms with Crippen molar-refractivity contribution < 1.29 is 14.3 Å². The van der Waals surface area contributed by atoms with Crippen LogP contribution in [0.25, 0.3) is 22.8 Å². The molecule has 0 saturated heterocycles. The smallest absolute Gasteiger partial charge is 0.394 e. The number of benzene rings is 2. The van der Waals surface area contributed by atoms with Crippen LogP contribution < -0.4 is 4.94 Å². The van der Waals surface area contributed by atoms with Crippen molar-refractivity contribution in [3.05, 3.63) is 84.0 Å². The molecule has 11 nitrogen and oxygen atoms in total. The molecule has 0 bridgehead atoms. The van der Waals surface area contributed by atoms with Crippen LogP contribution in [0.5, 0.6) is 0 Å². The lowest BCUT2D eigenvalue weighted by molar-refractivity contribution is -0.385. The van der Waals surface area contributed by atoms with Gasteiger partial charge in [0.25, 0.3) is 11.4 Å². The second kappa shape index (κ2) is 8.90. The van der Waals surface area contributed by atoms with Gasteiger partial charge in [-0.1, -0.05) is 18.2 Å². The quantitative estimate of drug-likeness (QED) is 0.346. The summed E-state index contributed by atoms with van der Waals surface area (Å²) in [5.74, 6) is 0.632. The van der Waals surface area contributed by atoms with Crippen LogP contribution in [0.4, 0.5) is 11.4 Å². The van der Waals surface area contributed by atoms with Crippen LogP contribution in [0.3, 0.4) is 0 Å². The van der Waals surface area contributed by atoms with Crippen molar-refractivity contribution >= 4 is 34.4 Å². The lowest BCUT2D eigenvalue weighted by atomic mass is 10.2. The predicted octanol–water partition coefficient (Wildman–Crippen LogP) is 3.78. The van der Waals surface area contributed by atoms with Gasteiger partial charge in [-0.25, -0.2) is 9.78 Å². The van der Waals surface area contributed by atoms with E-state index in [-0.39, 0.29) is 17.3 Å². The molecule has 0 aliphatic heterocycles. The summed E-state index contributed by atoms with van der Waals surface area (Å²) in [7, 11) is 0. The van der Waals surface area contributed by atoms with Crippen LogP contribution in [0.15, 0.2) is 63.3 Å². The summed E-state index contributed by atoms with van der Waals surface area (Å²) in [6, 6.07) is 12.0. The molecule has 0 amide bonds. The lowest BCUT2D eigenvalue weighted by Gasteiger charge is -1.94. The zero-order chi connectivity index (χ0) is 20.8. The monoisotopic (exact) mass is 431 g/mol. The first-order valence-corrected chi connectivity index (χ1v) is 9.28. The largest absolute Gasteiger partial charge is 0.414 e. The predicted molar refractivity (Wildman–Crippen MR) is 105 cm³/mol. The van der Waals surface area contributed by atoms with Gasteiger partial charge in [-0.2, -0.15) is 4.37 Å². The Balaban J connectivity index is 0.000000166. The Morgan fingerprint density at radius 1 is 0.897 bits per heavy atom. The van der Waals surface area contributed by atoms with Gasteiger partial charge in [0.15, 0.2) is 5.82 Å². The molecule has 0 aliphatic rings. The maximum absolute atomic E-state index is 10.7. The normalized spacial score (nSPS) is 10.1. The van der Waals surface area contributed by atoms with Gasteiger partial charge >= 0.3 is 4.94 Å². The molecular weight excluding hydrogens is 422 g/mol. The Bertz CT molecular complexity index is 1200. The van der Waals surface area contributed by atoms with E-state index in [0.717, 1.165) is 0 Å². The van der Waals surface area contributed by atoms with Gasteiger partial charge in [0.1, 0.15) is 5.51 Å². The van der Waals surface area contributed by atoms with Gasteiger partial charge in [0.05, 0.1) is 21.4 Å². The van der Waals surface area contributed by atoms with Crippen LogP contribution in [0, 0.1) is 20.2 Å². The average molecular weight is 431 g/mol. The summed E-state index contributed by atoms with van der Waals surface area (Å²) in [6.45, 7) is 0. The summed E-state index contributed by atoms with van der Waals surface area (Å²) < 4.78 is 12.5. The third-order valence-electron chi connectivity index (χ3n) is 3.36. The number of hydrogen-bond donors (Lipinski definition) is 0. The summed E-state index contributed by atoms with van der Waals surface area (Å²) in [6.07, 6.45) is 0. The van der Waals surface area contributed by atoms with Crippen molar-refractivity contribution in [1.82, 2.24) is 13.7 Å². The Morgan fingerprint density at radius 3 is 2.03 bits per heavy atom. The second-order valence-corrected chi connectivity index (χ2v) is 6.51. The molecule has 2 aromatic heterocycles. The molecule has 0 spiro atoms. The molecule has 2 aromatic carbocycles. The fourth-order valence-corrected chi connectivity index (χ4v) is 2.98. The van der Waals surface area contributed by atoms with Crippen molar-refractivity contribution in [2.75, 3.05) is 0 Å². The Morgan fingerprint density at radius 2 is 1.52 bits per heavy atom. The fraction of sp³-hybridized carbons (Fsp3) is 0. The van der Waals surface area contributed by atoms with Crippen LogP contribution in [-0.2, 0) is 0 Å². The van der Waals surface area contributed by atoms with Gasteiger partial charge in [0.2, 0.25) is 5.89 Å². The zero-order valence-corrected chi connectivity index (χ0v) is 15.8. The minimum Gasteiger partial charge on any atom is -0.394 e. The van der Waals surface area contributed by atoms with Crippen LogP contribution in [-0.4, -0.2) is 23.6 Å². The summed E-state index contributed by atoms with van der Waals surface area (Å²) in [5.41, 5.74) is 2.66. The van der Waals surface area contributed by atoms with Crippen LogP contribution in [0.1, 0.15) is 0 Å². The third kappa shape index (κ3) is 5.12. The van der Waals surface area contributed by atoms with E-state index < -0.39 is 14.8 Å². The summed E-state index contributed by atoms with van der Waals surface area (Å²) in [5, 5.41) is 21.0. The first kappa shape index (κ1) is 19.9. The Kier molecular flexibility index (Phi) is 6.11. The van der Waals surface area contributed by atoms with E-state index in [2.05, 4.69) is 13.7 Å². The van der Waals surface area contributed by atoms with Crippen molar-refractivity contribution in [2.45, 2.75) is 0 Å². The van der Waals surface area contributed by atoms with Crippen molar-refractivity contribution in [3.63, 3.8) is 0 Å². The molecule has 0 saturated carbocycles. The minimum atomic E-state index is -0.531. The molecule has 0 fully saturated rings. The molecule has 13 heteroatoms. The van der Waals surface area contributed by atoms with E-state index >= 15 is 0 Å². The maximum Gasteiger partial charge on any atom is 0.414 e. The Labute approximate surface area is 169 Å². The van der Waals surface area contributed by atoms with Gasteiger partial charge < -0.3 is 4.42 Å². The summed E-state index contributed by atoms with van der Waals surface area (Å²) >= 11 is 1.89. The molecule has 0 N–H and O–H groups in total. The van der Waals surface area contributed by atoms with Gasteiger partial charge in [-0.3, -0.25) is 20.2 Å². The van der Waals surface area contributed by atoms with E-state index in [0.29, 0.717) is 28.5 Å². The maximum atomic E-state index is 10.7. The molecule has 2 heterocycles. The highest BCUT2D eigenvalue weighted by Crippen LogP contribution is 2.22.